The van der Waals surface area contributed by atoms with Crippen LogP contribution in [0.2, 0.25) is 0 Å². The molecule has 0 aliphatic carbocycles. The first-order valence-corrected chi connectivity index (χ1v) is 4.00. The summed E-state index contributed by atoms with van der Waals surface area (Å²) in [4.78, 5) is 0. The molecule has 4 N–H and O–H groups in total. The Balaban J connectivity index is -0.0000000457. The molecule has 0 rings (SSSR count). The van der Waals surface area contributed by atoms with Gasteiger partial charge in [0.2, 0.25) is 0 Å². The minimum atomic E-state index is -5.17. The summed E-state index contributed by atoms with van der Waals surface area (Å²) in [6.07, 6.45) is 0. The average molecular weight is 354 g/mol. The van der Waals surface area contributed by atoms with Crippen molar-refractivity contribution in [1.82, 2.24) is 6.15 Å². The Morgan fingerprint density at radius 2 is 0.667 bits per heavy atom. The van der Waals surface area contributed by atoms with Gasteiger partial charge in [0.1, 0.15) is 0 Å². The van der Waals surface area contributed by atoms with Gasteiger partial charge in [-0.1, -0.05) is 0 Å². The molecule has 0 spiro atoms. The molecular weight excluding hydrogens is 350 g/mol. The molecule has 0 saturated heterocycles. The molecule has 0 aromatic carbocycles. The van der Waals surface area contributed by atoms with Crippen molar-refractivity contribution in [2.24, 2.45) is 0 Å². The van der Waals surface area contributed by atoms with Gasteiger partial charge < -0.3 is 24.4 Å². The van der Waals surface area contributed by atoms with E-state index in [0.717, 1.165) is 0 Å². The Bertz CT molecular complexity index is 213. The van der Waals surface area contributed by atoms with E-state index >= 15 is 0 Å². The number of hydrogen-bond donors (Lipinski definition) is 1. The molecule has 1 radical (unpaired) electrons. The molecule has 0 aromatic heterocycles. The van der Waals surface area contributed by atoms with Gasteiger partial charge in [0.05, 0.1) is 0 Å². The first kappa shape index (κ1) is 23.1. The van der Waals surface area contributed by atoms with E-state index in [9.17, 15) is 0 Å². The van der Waals surface area contributed by atoms with Gasteiger partial charge in [0.25, 0.3) is 0 Å². The molecule has 0 aliphatic heterocycles. The van der Waals surface area contributed by atoms with E-state index in [1.165, 1.54) is 0 Å². The molecule has 0 atom stereocenters. The first-order chi connectivity index (χ1) is 4.00. The third-order valence-electron chi connectivity index (χ3n) is 0. The van der Waals surface area contributed by atoms with Gasteiger partial charge in [-0.3, -0.25) is 16.8 Å². The molecule has 73 valence electrons. The Hall–Kier alpha value is 1.05. The second-order valence-electron chi connectivity index (χ2n) is 0.816. The number of hydrogen-bond acceptors (Lipinski definition) is 8. The van der Waals surface area contributed by atoms with Crippen molar-refractivity contribution in [3.8, 4) is 0 Å². The van der Waals surface area contributed by atoms with Crippen molar-refractivity contribution in [3.05, 3.63) is 0 Å². The van der Waals surface area contributed by atoms with Crippen LogP contribution in [-0.2, 0) is 20.8 Å². The van der Waals surface area contributed by atoms with Crippen LogP contribution in [0.15, 0.2) is 0 Å². The zero-order valence-electron chi connectivity index (χ0n) is 5.58. The van der Waals surface area contributed by atoms with E-state index < -0.39 is 20.8 Å². The summed E-state index contributed by atoms with van der Waals surface area (Å²) < 4.78 is 68.2. The zero-order valence-corrected chi connectivity index (χ0v) is 10.4. The molecule has 0 bridgehead atoms. The molecular formula is H4NNdO8S2. The first-order valence-electron chi connectivity index (χ1n) is 1.33. The molecule has 0 unspecified atom stereocenters. The fourth-order valence-corrected chi connectivity index (χ4v) is 0. The second-order valence-corrected chi connectivity index (χ2v) is 2.45. The van der Waals surface area contributed by atoms with Crippen molar-refractivity contribution in [1.29, 1.82) is 0 Å². The van der Waals surface area contributed by atoms with Gasteiger partial charge in [-0.2, -0.15) is 0 Å². The van der Waals surface area contributed by atoms with Crippen LogP contribution in [0.4, 0.5) is 0 Å². The number of quaternary nitrogens is 1. The molecule has 9 nitrogen and oxygen atoms in total. The van der Waals surface area contributed by atoms with Gasteiger partial charge in [-0.15, -0.1) is 0 Å². The van der Waals surface area contributed by atoms with E-state index in [2.05, 4.69) is 0 Å². The fraction of sp³-hybridized carbons (Fsp3) is 0. The van der Waals surface area contributed by atoms with Crippen molar-refractivity contribution in [2.75, 3.05) is 0 Å². The van der Waals surface area contributed by atoms with Crippen molar-refractivity contribution in [3.63, 3.8) is 0 Å². The molecule has 0 aromatic rings. The van der Waals surface area contributed by atoms with Crippen LogP contribution in [0.5, 0.6) is 0 Å². The summed E-state index contributed by atoms with van der Waals surface area (Å²) in [6.45, 7) is 0. The Labute approximate surface area is 102 Å². The molecule has 0 saturated carbocycles. The second kappa shape index (κ2) is 8.64. The minimum Gasteiger partial charge on any atom is -0.759 e. The van der Waals surface area contributed by atoms with Crippen molar-refractivity contribution in [2.45, 2.75) is 0 Å². The molecule has 0 amide bonds. The van der Waals surface area contributed by atoms with E-state index in [1.807, 2.05) is 0 Å². The summed E-state index contributed by atoms with van der Waals surface area (Å²) in [5.41, 5.74) is 0. The van der Waals surface area contributed by atoms with Crippen LogP contribution < -0.4 is 6.15 Å². The number of rotatable bonds is 0. The summed E-state index contributed by atoms with van der Waals surface area (Å²) >= 11 is 0. The Kier molecular flexibility index (Phi) is 16.7. The smallest absolute Gasteiger partial charge is 0.759 e. The van der Waals surface area contributed by atoms with Gasteiger partial charge in [-0.05, 0) is 0 Å². The molecule has 0 fully saturated rings. The largest absolute Gasteiger partial charge is 3.00 e. The van der Waals surface area contributed by atoms with E-state index in [4.69, 9.17) is 35.0 Å². The maximum absolute atomic E-state index is 8.52. The van der Waals surface area contributed by atoms with E-state index in [-0.39, 0.29) is 47.0 Å². The quantitative estimate of drug-likeness (QED) is 0.370. The summed E-state index contributed by atoms with van der Waals surface area (Å²) in [5, 5.41) is 0. The van der Waals surface area contributed by atoms with E-state index in [1.54, 1.807) is 0 Å². The maximum Gasteiger partial charge on any atom is 3.00 e. The maximum atomic E-state index is 8.52. The van der Waals surface area contributed by atoms with Gasteiger partial charge in [-0.25, -0.2) is 0 Å². The topological polar surface area (TPSA) is 197 Å². The van der Waals surface area contributed by atoms with Crippen LogP contribution in [0, 0.1) is 40.8 Å². The molecule has 12 heteroatoms. The third kappa shape index (κ3) is 1010. The van der Waals surface area contributed by atoms with Gasteiger partial charge >= 0.3 is 40.8 Å². The van der Waals surface area contributed by atoms with Crippen molar-refractivity contribution < 1.29 is 75.9 Å². The monoisotopic (exact) mass is 352 g/mol. The summed E-state index contributed by atoms with van der Waals surface area (Å²) in [7, 11) is -10.3. The third-order valence-corrected chi connectivity index (χ3v) is 0. The standard InChI is InChI=1S/H3N.Nd.2H2O4S/c;;2*1-5(2,3)4/h1H3;;2*(H2,1,2,3,4)/q;+3;;/p-3. The normalized spacial score (nSPS) is 9.67. The SMILES string of the molecule is O=S(=O)([O-])[O-].O=S(=O)([O-])[O-].[NH4+].[Nd+3]. The van der Waals surface area contributed by atoms with Crippen LogP contribution in [0.3, 0.4) is 0 Å². The minimum absolute atomic E-state index is 0. The predicted octanol–water partition coefficient (Wildman–Crippen LogP) is -2.30. The zero-order chi connectivity index (χ0) is 9.00. The van der Waals surface area contributed by atoms with Crippen LogP contribution >= 0.6 is 0 Å². The molecule has 0 aliphatic rings. The Morgan fingerprint density at radius 3 is 0.667 bits per heavy atom. The summed E-state index contributed by atoms with van der Waals surface area (Å²) in [5.74, 6) is 0. The molecule has 12 heavy (non-hydrogen) atoms. The Morgan fingerprint density at radius 1 is 0.667 bits per heavy atom. The van der Waals surface area contributed by atoms with Crippen LogP contribution in [-0.4, -0.2) is 35.0 Å². The van der Waals surface area contributed by atoms with Gasteiger partial charge in [0.15, 0.2) is 0 Å². The summed E-state index contributed by atoms with van der Waals surface area (Å²) in [6, 6.07) is 0. The van der Waals surface area contributed by atoms with Gasteiger partial charge in [0, 0.05) is 20.8 Å². The average Bonchev–Trinajstić information content (AvgIpc) is 1.12. The predicted molar refractivity (Wildman–Crippen MR) is 26.9 cm³/mol. The van der Waals surface area contributed by atoms with E-state index in [0.29, 0.717) is 0 Å². The van der Waals surface area contributed by atoms with Crippen molar-refractivity contribution >= 4 is 20.8 Å². The van der Waals surface area contributed by atoms with Crippen LogP contribution in [0.1, 0.15) is 0 Å². The fourth-order valence-electron chi connectivity index (χ4n) is 0. The molecule has 0 heterocycles. The van der Waals surface area contributed by atoms with Crippen LogP contribution in [0.25, 0.3) is 0 Å².